The van der Waals surface area contributed by atoms with E-state index >= 15 is 0 Å². The van der Waals surface area contributed by atoms with Crippen LogP contribution < -0.4 is 15.6 Å². The third kappa shape index (κ3) is 4.03. The highest BCUT2D eigenvalue weighted by molar-refractivity contribution is 7.15. The van der Waals surface area contributed by atoms with Crippen molar-refractivity contribution >= 4 is 28.1 Å². The molecule has 0 aliphatic carbocycles. The van der Waals surface area contributed by atoms with Crippen LogP contribution in [0.3, 0.4) is 0 Å². The number of aryl methyl sites for hydroxylation is 3. The molecule has 0 aliphatic heterocycles. The van der Waals surface area contributed by atoms with Crippen LogP contribution in [-0.2, 0) is 12.6 Å². The summed E-state index contributed by atoms with van der Waals surface area (Å²) in [5.41, 5.74) is 1.45. The number of hydrogen-bond acceptors (Lipinski definition) is 7. The van der Waals surface area contributed by atoms with E-state index in [0.717, 1.165) is 11.1 Å². The third-order valence-corrected chi connectivity index (χ3v) is 6.63. The molecule has 4 aromatic rings. The Labute approximate surface area is 194 Å². The maximum absolute atomic E-state index is 12.8. The van der Waals surface area contributed by atoms with Crippen LogP contribution in [0.25, 0.3) is 21.3 Å². The van der Waals surface area contributed by atoms with Crippen LogP contribution in [-0.4, -0.2) is 37.6 Å². The van der Waals surface area contributed by atoms with Gasteiger partial charge in [0.1, 0.15) is 32.4 Å². The number of aromatic nitrogens is 4. The van der Waals surface area contributed by atoms with E-state index in [1.807, 2.05) is 13.8 Å². The molecule has 0 aliphatic rings. The Bertz CT molecular complexity index is 1420. The lowest BCUT2D eigenvalue weighted by Crippen LogP contribution is -2.19. The summed E-state index contributed by atoms with van der Waals surface area (Å²) in [6.45, 7) is 7.09. The van der Waals surface area contributed by atoms with Crippen molar-refractivity contribution in [1.82, 2.24) is 24.8 Å². The fraction of sp³-hybridized carbons (Fsp3) is 0.304. The molecule has 3 N–H and O–H groups in total. The van der Waals surface area contributed by atoms with Crippen LogP contribution in [0.15, 0.2) is 29.5 Å². The molecule has 9 nitrogen and oxygen atoms in total. The number of hydrogen-bond donors (Lipinski definition) is 3. The van der Waals surface area contributed by atoms with Gasteiger partial charge in [-0.1, -0.05) is 0 Å². The Morgan fingerprint density at radius 1 is 1.27 bits per heavy atom. The third-order valence-electron chi connectivity index (χ3n) is 5.25. The fourth-order valence-corrected chi connectivity index (χ4v) is 4.54. The van der Waals surface area contributed by atoms with E-state index in [9.17, 15) is 14.7 Å². The topological polar surface area (TPSA) is 122 Å². The van der Waals surface area contributed by atoms with Gasteiger partial charge < -0.3 is 24.7 Å². The van der Waals surface area contributed by atoms with Crippen molar-refractivity contribution in [2.75, 3.05) is 7.05 Å². The van der Waals surface area contributed by atoms with E-state index in [0.29, 0.717) is 38.0 Å². The SMILES string of the molecule is CNC(=O)c1cc2c(-c3sc(C(C)(C)O)nc3Oc3c(C)cncc3C)cn(C)c(=O)c2[nH]1. The van der Waals surface area contributed by atoms with Gasteiger partial charge in [-0.05, 0) is 33.8 Å². The van der Waals surface area contributed by atoms with Gasteiger partial charge in [0.2, 0.25) is 5.88 Å². The van der Waals surface area contributed by atoms with E-state index in [1.165, 1.54) is 23.0 Å². The van der Waals surface area contributed by atoms with Crippen molar-refractivity contribution in [2.45, 2.75) is 33.3 Å². The molecule has 4 rings (SSSR count). The average Bonchev–Trinajstić information content (AvgIpc) is 3.38. The zero-order valence-electron chi connectivity index (χ0n) is 19.2. The number of carbonyl (C=O) groups excluding carboxylic acids is 1. The number of carbonyl (C=O) groups is 1. The van der Waals surface area contributed by atoms with Crippen molar-refractivity contribution < 1.29 is 14.6 Å². The summed E-state index contributed by atoms with van der Waals surface area (Å²) in [6, 6.07) is 1.64. The molecule has 0 saturated carbocycles. The standard InChI is InChI=1S/C23H25N5O4S/c1-11-8-25-9-12(2)17(11)32-20-18(33-22(27-20)23(3,4)31)14-10-28(6)21(30)16-13(14)7-15(26-16)19(29)24-5/h7-10,26,31H,1-6H3,(H,24,29). The summed E-state index contributed by atoms with van der Waals surface area (Å²) in [7, 11) is 3.16. The number of rotatable bonds is 5. The molecule has 0 spiro atoms. The zero-order valence-corrected chi connectivity index (χ0v) is 20.0. The van der Waals surface area contributed by atoms with E-state index in [-0.39, 0.29) is 17.2 Å². The molecule has 4 aromatic heterocycles. The minimum Gasteiger partial charge on any atom is -0.437 e. The summed E-state index contributed by atoms with van der Waals surface area (Å²) >= 11 is 1.27. The van der Waals surface area contributed by atoms with Crippen molar-refractivity contribution in [3.8, 4) is 22.1 Å². The number of fused-ring (bicyclic) bond motifs is 1. The largest absolute Gasteiger partial charge is 0.437 e. The second kappa shape index (κ2) is 8.13. The quantitative estimate of drug-likeness (QED) is 0.414. The first kappa shape index (κ1) is 22.7. The van der Waals surface area contributed by atoms with Gasteiger partial charge in [-0.15, -0.1) is 11.3 Å². The zero-order chi connectivity index (χ0) is 24.1. The Hall–Kier alpha value is -3.50. The van der Waals surface area contributed by atoms with Crippen molar-refractivity contribution in [3.63, 3.8) is 0 Å². The summed E-state index contributed by atoms with van der Waals surface area (Å²) in [6.07, 6.45) is 5.10. The van der Waals surface area contributed by atoms with Gasteiger partial charge in [0.05, 0.1) is 0 Å². The lowest BCUT2D eigenvalue weighted by Gasteiger charge is -2.12. The molecule has 0 saturated heterocycles. The van der Waals surface area contributed by atoms with Gasteiger partial charge in [-0.3, -0.25) is 14.6 Å². The number of thiazole rings is 1. The van der Waals surface area contributed by atoms with Crippen LogP contribution in [0.4, 0.5) is 0 Å². The molecule has 33 heavy (non-hydrogen) atoms. The van der Waals surface area contributed by atoms with Crippen LogP contribution in [0.5, 0.6) is 11.6 Å². The van der Waals surface area contributed by atoms with Gasteiger partial charge in [-0.25, -0.2) is 4.98 Å². The number of amides is 1. The Morgan fingerprint density at radius 2 is 1.94 bits per heavy atom. The number of aromatic amines is 1. The Morgan fingerprint density at radius 3 is 2.55 bits per heavy atom. The lowest BCUT2D eigenvalue weighted by atomic mass is 10.1. The molecule has 0 unspecified atom stereocenters. The number of pyridine rings is 2. The van der Waals surface area contributed by atoms with E-state index in [2.05, 4.69) is 20.3 Å². The van der Waals surface area contributed by atoms with Crippen LogP contribution in [0.1, 0.15) is 40.5 Å². The number of nitrogens with zero attached hydrogens (tertiary/aromatic N) is 3. The molecule has 1 amide bonds. The average molecular weight is 468 g/mol. The molecular formula is C23H25N5O4S. The number of nitrogens with one attached hydrogen (secondary N) is 2. The second-order valence-electron chi connectivity index (χ2n) is 8.43. The van der Waals surface area contributed by atoms with Gasteiger partial charge in [0.15, 0.2) is 0 Å². The molecule has 172 valence electrons. The molecule has 10 heteroatoms. The molecule has 4 heterocycles. The van der Waals surface area contributed by atoms with Gasteiger partial charge in [0.25, 0.3) is 11.5 Å². The summed E-state index contributed by atoms with van der Waals surface area (Å²) in [5.74, 6) is 0.595. The first-order valence-electron chi connectivity index (χ1n) is 10.3. The highest BCUT2D eigenvalue weighted by Crippen LogP contribution is 2.44. The van der Waals surface area contributed by atoms with Gasteiger partial charge >= 0.3 is 0 Å². The Balaban J connectivity index is 1.99. The van der Waals surface area contributed by atoms with Gasteiger partial charge in [-0.2, -0.15) is 0 Å². The highest BCUT2D eigenvalue weighted by atomic mass is 32.1. The number of ether oxygens (including phenoxy) is 1. The first-order chi connectivity index (χ1) is 15.5. The Kier molecular flexibility index (Phi) is 5.59. The van der Waals surface area contributed by atoms with Gasteiger partial charge in [0, 0.05) is 54.8 Å². The predicted molar refractivity (Wildman–Crippen MR) is 127 cm³/mol. The fourth-order valence-electron chi connectivity index (χ4n) is 3.53. The van der Waals surface area contributed by atoms with Crippen molar-refractivity contribution in [1.29, 1.82) is 0 Å². The maximum Gasteiger partial charge on any atom is 0.274 e. The molecule has 0 bridgehead atoms. The molecular weight excluding hydrogens is 442 g/mol. The van der Waals surface area contributed by atoms with E-state index in [4.69, 9.17) is 4.74 Å². The summed E-state index contributed by atoms with van der Waals surface area (Å²) in [5, 5.41) is 14.2. The maximum atomic E-state index is 12.8. The lowest BCUT2D eigenvalue weighted by molar-refractivity contribution is 0.0778. The van der Waals surface area contributed by atoms with E-state index < -0.39 is 5.60 Å². The second-order valence-corrected chi connectivity index (χ2v) is 9.43. The molecule has 0 aromatic carbocycles. The first-order valence-corrected chi connectivity index (χ1v) is 11.1. The minimum atomic E-state index is -1.20. The van der Waals surface area contributed by atoms with Crippen molar-refractivity contribution in [3.05, 3.63) is 56.8 Å². The number of H-pyrrole nitrogens is 1. The van der Waals surface area contributed by atoms with Crippen LogP contribution in [0, 0.1) is 13.8 Å². The number of aliphatic hydroxyl groups is 1. The van der Waals surface area contributed by atoms with Crippen molar-refractivity contribution in [2.24, 2.45) is 7.05 Å². The summed E-state index contributed by atoms with van der Waals surface area (Å²) < 4.78 is 7.71. The van der Waals surface area contributed by atoms with E-state index in [1.54, 1.807) is 45.6 Å². The predicted octanol–water partition coefficient (Wildman–Crippen LogP) is 3.38. The smallest absolute Gasteiger partial charge is 0.274 e. The van der Waals surface area contributed by atoms with Crippen LogP contribution in [0.2, 0.25) is 0 Å². The molecule has 0 fully saturated rings. The molecule has 0 radical (unpaired) electrons. The highest BCUT2D eigenvalue weighted by Gasteiger charge is 2.28. The van der Waals surface area contributed by atoms with Crippen LogP contribution >= 0.6 is 11.3 Å². The normalized spacial score (nSPS) is 11.7. The monoisotopic (exact) mass is 467 g/mol. The summed E-state index contributed by atoms with van der Waals surface area (Å²) in [4.78, 5) is 37.3. The molecule has 0 atom stereocenters. The minimum absolute atomic E-state index is 0.264.